The van der Waals surface area contributed by atoms with E-state index in [1.54, 1.807) is 54.9 Å². The molecule has 2 aromatic carbocycles. The monoisotopic (exact) mass is 558 g/mol. The first kappa shape index (κ1) is 26.9. The Morgan fingerprint density at radius 2 is 1.90 bits per heavy atom. The summed E-state index contributed by atoms with van der Waals surface area (Å²) >= 11 is 0.382. The van der Waals surface area contributed by atoms with Crippen molar-refractivity contribution >= 4 is 34.4 Å². The Hall–Kier alpha value is -3.64. The van der Waals surface area contributed by atoms with Gasteiger partial charge in [0.2, 0.25) is 11.8 Å². The molecule has 1 atom stereocenters. The minimum atomic E-state index is -4.39. The number of pyridine rings is 1. The van der Waals surface area contributed by atoms with Gasteiger partial charge in [0.1, 0.15) is 11.5 Å². The second-order valence-corrected chi connectivity index (χ2v) is 9.89. The van der Waals surface area contributed by atoms with Crippen LogP contribution in [0.25, 0.3) is 22.0 Å². The van der Waals surface area contributed by atoms with Crippen molar-refractivity contribution in [1.82, 2.24) is 20.3 Å². The fourth-order valence-electron chi connectivity index (χ4n) is 4.43. The highest BCUT2D eigenvalue weighted by molar-refractivity contribution is 8.00. The highest BCUT2D eigenvalue weighted by atomic mass is 32.2. The number of piperidine rings is 1. The van der Waals surface area contributed by atoms with Crippen LogP contribution in [0.5, 0.6) is 11.6 Å². The molecule has 1 aliphatic rings. The second-order valence-electron chi connectivity index (χ2n) is 9.11. The van der Waals surface area contributed by atoms with Gasteiger partial charge in [-0.2, -0.15) is 13.2 Å². The van der Waals surface area contributed by atoms with Gasteiger partial charge < -0.3 is 20.1 Å². The zero-order valence-corrected chi connectivity index (χ0v) is 21.8. The van der Waals surface area contributed by atoms with Gasteiger partial charge in [-0.25, -0.2) is 19.3 Å². The number of benzene rings is 2. The zero-order valence-electron chi connectivity index (χ0n) is 21.0. The Balaban J connectivity index is 1.48. The molecule has 0 unspecified atom stereocenters. The van der Waals surface area contributed by atoms with Gasteiger partial charge in [0.05, 0.1) is 16.9 Å². The van der Waals surface area contributed by atoms with Crippen molar-refractivity contribution in [3.8, 4) is 22.9 Å². The molecule has 0 amide bonds. The summed E-state index contributed by atoms with van der Waals surface area (Å²) in [7, 11) is 0. The predicted octanol–water partition coefficient (Wildman–Crippen LogP) is 6.72. The van der Waals surface area contributed by atoms with E-state index in [2.05, 4.69) is 30.3 Å². The van der Waals surface area contributed by atoms with Gasteiger partial charge in [0, 0.05) is 41.3 Å². The number of halogens is 4. The van der Waals surface area contributed by atoms with E-state index < -0.39 is 17.7 Å². The molecule has 3 N–H and O–H groups in total. The fraction of sp³-hybridized carbons (Fsp3) is 0.296. The molecular formula is C27H26F4N6OS. The van der Waals surface area contributed by atoms with Crippen molar-refractivity contribution in [2.75, 3.05) is 28.9 Å². The SMILES string of the molecule is Cc1c(F)c(NSCC(F)(F)F)c2ccccc2c1Oc1ncccc1-c1ccnc(N[C@H]2CCCNC2)n1. The number of hydrogen-bond acceptors (Lipinski definition) is 8. The molecule has 0 radical (unpaired) electrons. The molecule has 1 aliphatic heterocycles. The highest BCUT2D eigenvalue weighted by Gasteiger charge is 2.28. The van der Waals surface area contributed by atoms with Crippen LogP contribution in [0.15, 0.2) is 54.9 Å². The summed E-state index contributed by atoms with van der Waals surface area (Å²) in [5.74, 6) is -0.958. The Morgan fingerprint density at radius 1 is 1.08 bits per heavy atom. The molecule has 3 heterocycles. The van der Waals surface area contributed by atoms with Gasteiger partial charge in [-0.05, 0) is 56.5 Å². The van der Waals surface area contributed by atoms with Crippen molar-refractivity contribution in [3.63, 3.8) is 0 Å². The lowest BCUT2D eigenvalue weighted by Gasteiger charge is -2.23. The van der Waals surface area contributed by atoms with Crippen LogP contribution in [0.4, 0.5) is 29.2 Å². The lowest BCUT2D eigenvalue weighted by molar-refractivity contribution is -0.105. The minimum Gasteiger partial charge on any atom is -0.437 e. The zero-order chi connectivity index (χ0) is 27.4. The maximum absolute atomic E-state index is 15.5. The molecule has 0 spiro atoms. The highest BCUT2D eigenvalue weighted by Crippen LogP contribution is 2.42. The van der Waals surface area contributed by atoms with E-state index in [9.17, 15) is 13.2 Å². The van der Waals surface area contributed by atoms with Crippen LogP contribution < -0.4 is 20.1 Å². The molecular weight excluding hydrogens is 532 g/mol. The van der Waals surface area contributed by atoms with Crippen LogP contribution in [0.3, 0.4) is 0 Å². The number of ether oxygens (including phenoxy) is 1. The van der Waals surface area contributed by atoms with Gasteiger partial charge >= 0.3 is 6.18 Å². The first-order valence-corrected chi connectivity index (χ1v) is 13.4. The summed E-state index contributed by atoms with van der Waals surface area (Å²) in [6.07, 6.45) is 0.902. The summed E-state index contributed by atoms with van der Waals surface area (Å²) in [5.41, 5.74) is 1.25. The topological polar surface area (TPSA) is 84.0 Å². The number of aromatic nitrogens is 3. The molecule has 7 nitrogen and oxygen atoms in total. The summed E-state index contributed by atoms with van der Waals surface area (Å²) in [6, 6.07) is 12.3. The number of alkyl halides is 3. The quantitative estimate of drug-likeness (QED) is 0.162. The molecule has 1 fully saturated rings. The average Bonchev–Trinajstić information content (AvgIpc) is 2.93. The average molecular weight is 559 g/mol. The number of anilines is 2. The van der Waals surface area contributed by atoms with Crippen molar-refractivity contribution in [2.24, 2.45) is 0 Å². The predicted molar refractivity (Wildman–Crippen MR) is 146 cm³/mol. The Bertz CT molecular complexity index is 1460. The van der Waals surface area contributed by atoms with Crippen LogP contribution in [0.1, 0.15) is 18.4 Å². The summed E-state index contributed by atoms with van der Waals surface area (Å²) in [6.45, 7) is 3.34. The summed E-state index contributed by atoms with van der Waals surface area (Å²) in [5, 5.41) is 7.62. The number of nitrogens with zero attached hydrogens (tertiary/aromatic N) is 3. The molecule has 204 valence electrons. The third-order valence-corrected chi connectivity index (χ3v) is 7.09. The molecule has 0 aliphatic carbocycles. The molecule has 0 bridgehead atoms. The first-order chi connectivity index (χ1) is 18.8. The van der Waals surface area contributed by atoms with Gasteiger partial charge in [0.25, 0.3) is 0 Å². The minimum absolute atomic E-state index is 0.0327. The Labute approximate surface area is 226 Å². The van der Waals surface area contributed by atoms with E-state index in [1.165, 1.54) is 6.92 Å². The Morgan fingerprint density at radius 3 is 2.67 bits per heavy atom. The molecule has 1 saturated heterocycles. The Kier molecular flexibility index (Phi) is 8.03. The van der Waals surface area contributed by atoms with E-state index in [-0.39, 0.29) is 28.9 Å². The molecule has 2 aromatic heterocycles. The van der Waals surface area contributed by atoms with E-state index >= 15 is 4.39 Å². The number of nitrogens with one attached hydrogen (secondary N) is 3. The third-order valence-electron chi connectivity index (χ3n) is 6.27. The first-order valence-electron chi connectivity index (χ1n) is 12.4. The summed E-state index contributed by atoms with van der Waals surface area (Å²) in [4.78, 5) is 13.4. The van der Waals surface area contributed by atoms with Crippen molar-refractivity contribution in [2.45, 2.75) is 32.0 Å². The molecule has 39 heavy (non-hydrogen) atoms. The lowest BCUT2D eigenvalue weighted by Crippen LogP contribution is -2.38. The number of rotatable bonds is 8. The number of hydrogen-bond donors (Lipinski definition) is 3. The van der Waals surface area contributed by atoms with Crippen molar-refractivity contribution in [3.05, 3.63) is 66.2 Å². The van der Waals surface area contributed by atoms with Crippen molar-refractivity contribution in [1.29, 1.82) is 0 Å². The van der Waals surface area contributed by atoms with Crippen LogP contribution in [-0.2, 0) is 0 Å². The standard InChI is InChI=1S/C27H26F4N6OS/c1-16-22(28)23(37-39-15-27(29,30)31)18-7-2-3-8-19(18)24(16)38-25-20(9-5-12-33-25)21-10-13-34-26(36-21)35-17-6-4-11-32-14-17/h2-3,5,7-10,12-13,17,32,37H,4,6,11,14-15H2,1H3,(H,34,35,36)/t17-/m0/s1. The van der Waals surface area contributed by atoms with E-state index in [4.69, 9.17) is 4.74 Å². The van der Waals surface area contributed by atoms with Crippen LogP contribution in [-0.4, -0.2) is 46.0 Å². The number of fused-ring (bicyclic) bond motifs is 1. The second kappa shape index (κ2) is 11.6. The van der Waals surface area contributed by atoms with Gasteiger partial charge in [-0.15, -0.1) is 0 Å². The van der Waals surface area contributed by atoms with Crippen molar-refractivity contribution < 1.29 is 22.3 Å². The van der Waals surface area contributed by atoms with Gasteiger partial charge in [-0.1, -0.05) is 24.3 Å². The molecule has 12 heteroatoms. The molecule has 0 saturated carbocycles. The van der Waals surface area contributed by atoms with Gasteiger partial charge in [-0.3, -0.25) is 0 Å². The third kappa shape index (κ3) is 6.34. The smallest absolute Gasteiger partial charge is 0.399 e. The van der Waals surface area contributed by atoms with Crippen LogP contribution >= 0.6 is 11.9 Å². The van der Waals surface area contributed by atoms with Crippen LogP contribution in [0.2, 0.25) is 0 Å². The van der Waals surface area contributed by atoms with E-state index in [1.807, 2.05) is 0 Å². The maximum atomic E-state index is 15.5. The largest absolute Gasteiger partial charge is 0.437 e. The molecule has 4 aromatic rings. The van der Waals surface area contributed by atoms with E-state index in [0.29, 0.717) is 39.9 Å². The lowest BCUT2D eigenvalue weighted by atomic mass is 10.0. The normalized spacial score (nSPS) is 15.8. The van der Waals surface area contributed by atoms with Gasteiger partial charge in [0.15, 0.2) is 5.82 Å². The maximum Gasteiger partial charge on any atom is 0.399 e. The van der Waals surface area contributed by atoms with E-state index in [0.717, 1.165) is 25.9 Å². The summed E-state index contributed by atoms with van der Waals surface area (Å²) < 4.78 is 62.3. The molecule has 5 rings (SSSR count). The van der Waals surface area contributed by atoms with Crippen LogP contribution in [0, 0.1) is 12.7 Å². The fourth-order valence-corrected chi connectivity index (χ4v) is 5.01.